The molecule has 32 heavy (non-hydrogen) atoms. The Morgan fingerprint density at radius 3 is 2.59 bits per heavy atom. The highest BCUT2D eigenvalue weighted by Crippen LogP contribution is 2.26. The third-order valence-electron chi connectivity index (χ3n) is 4.62. The van der Waals surface area contributed by atoms with Crippen LogP contribution in [-0.4, -0.2) is 27.3 Å². The molecule has 162 valence electrons. The maximum Gasteiger partial charge on any atom is 0.277 e. The summed E-state index contributed by atoms with van der Waals surface area (Å²) in [5.41, 5.74) is 2.49. The Hall–Kier alpha value is -3.78. The van der Waals surface area contributed by atoms with Gasteiger partial charge in [0.2, 0.25) is 0 Å². The van der Waals surface area contributed by atoms with Crippen molar-refractivity contribution in [1.82, 2.24) is 14.8 Å². The highest BCUT2D eigenvalue weighted by molar-refractivity contribution is 7.14. The van der Waals surface area contributed by atoms with E-state index in [9.17, 15) is 9.59 Å². The monoisotopic (exact) mass is 446 g/mol. The maximum atomic E-state index is 12.7. The van der Waals surface area contributed by atoms with E-state index in [0.29, 0.717) is 18.3 Å². The zero-order chi connectivity index (χ0) is 22.3. The van der Waals surface area contributed by atoms with Gasteiger partial charge < -0.3 is 4.74 Å². The van der Waals surface area contributed by atoms with Crippen molar-refractivity contribution < 1.29 is 9.53 Å². The normalized spacial score (nSPS) is 10.7. The number of hydrogen-bond acceptors (Lipinski definition) is 6. The van der Waals surface area contributed by atoms with Crippen LogP contribution in [0.5, 0.6) is 5.75 Å². The first-order valence-corrected chi connectivity index (χ1v) is 11.1. The van der Waals surface area contributed by atoms with E-state index in [0.717, 1.165) is 29.0 Å². The predicted molar refractivity (Wildman–Crippen MR) is 125 cm³/mol. The molecule has 0 saturated heterocycles. The number of rotatable bonds is 8. The van der Waals surface area contributed by atoms with Gasteiger partial charge in [0.15, 0.2) is 5.13 Å². The molecule has 2 aromatic heterocycles. The lowest BCUT2D eigenvalue weighted by molar-refractivity contribution is 0.102. The van der Waals surface area contributed by atoms with E-state index in [-0.39, 0.29) is 11.3 Å². The van der Waals surface area contributed by atoms with Crippen LogP contribution in [0.3, 0.4) is 0 Å². The van der Waals surface area contributed by atoms with Gasteiger partial charge in [-0.1, -0.05) is 37.3 Å². The van der Waals surface area contributed by atoms with E-state index in [1.807, 2.05) is 60.0 Å². The molecule has 2 aromatic carbocycles. The molecule has 4 rings (SSSR count). The molecule has 0 unspecified atom stereocenters. The SMILES string of the molecule is CCCOc1ccc(-c2csc(NC(=O)c3ccc(=O)n(Cc4ccccc4)n3)n2)cc1. The molecule has 0 bridgehead atoms. The van der Waals surface area contributed by atoms with Gasteiger partial charge in [0.1, 0.15) is 11.4 Å². The number of benzene rings is 2. The third-order valence-corrected chi connectivity index (χ3v) is 5.38. The minimum atomic E-state index is -0.420. The lowest BCUT2D eigenvalue weighted by Gasteiger charge is -2.07. The number of aromatic nitrogens is 3. The van der Waals surface area contributed by atoms with Gasteiger partial charge in [-0.05, 0) is 42.3 Å². The first-order valence-electron chi connectivity index (χ1n) is 10.2. The topological polar surface area (TPSA) is 86.1 Å². The Morgan fingerprint density at radius 1 is 1.06 bits per heavy atom. The molecule has 0 spiro atoms. The van der Waals surface area contributed by atoms with Crippen molar-refractivity contribution in [3.05, 3.63) is 93.7 Å². The zero-order valence-corrected chi connectivity index (χ0v) is 18.3. The second-order valence-electron chi connectivity index (χ2n) is 7.06. The summed E-state index contributed by atoms with van der Waals surface area (Å²) in [6, 6.07) is 19.9. The fourth-order valence-electron chi connectivity index (χ4n) is 3.01. The molecule has 2 heterocycles. The standard InChI is InChI=1S/C24H22N4O3S/c1-2-14-31-19-10-8-18(9-11-19)21-16-32-24(25-21)26-23(30)20-12-13-22(29)28(27-20)15-17-6-4-3-5-7-17/h3-13,16H,2,14-15H2,1H3,(H,25,26,30). The summed E-state index contributed by atoms with van der Waals surface area (Å²) >= 11 is 1.32. The van der Waals surface area contributed by atoms with Crippen LogP contribution in [0.4, 0.5) is 5.13 Å². The van der Waals surface area contributed by atoms with Crippen molar-refractivity contribution in [2.75, 3.05) is 11.9 Å². The Bertz CT molecular complexity index is 1250. The number of amides is 1. The maximum absolute atomic E-state index is 12.7. The van der Waals surface area contributed by atoms with Crippen molar-refractivity contribution in [3.63, 3.8) is 0 Å². The van der Waals surface area contributed by atoms with Gasteiger partial charge in [-0.2, -0.15) is 5.10 Å². The Kier molecular flexibility index (Phi) is 6.72. The average molecular weight is 447 g/mol. The molecule has 0 saturated carbocycles. The number of nitrogens with zero attached hydrogens (tertiary/aromatic N) is 3. The molecule has 0 aliphatic rings. The van der Waals surface area contributed by atoms with E-state index >= 15 is 0 Å². The predicted octanol–water partition coefficient (Wildman–Crippen LogP) is 4.46. The average Bonchev–Trinajstić information content (AvgIpc) is 3.28. The van der Waals surface area contributed by atoms with Gasteiger partial charge in [-0.3, -0.25) is 14.9 Å². The summed E-state index contributed by atoms with van der Waals surface area (Å²) in [5.74, 6) is 0.395. The largest absolute Gasteiger partial charge is 0.494 e. The van der Waals surface area contributed by atoms with Crippen molar-refractivity contribution >= 4 is 22.4 Å². The van der Waals surface area contributed by atoms with Gasteiger partial charge in [0.05, 0.1) is 18.8 Å². The van der Waals surface area contributed by atoms with E-state index in [4.69, 9.17) is 4.74 Å². The van der Waals surface area contributed by atoms with Crippen molar-refractivity contribution in [2.24, 2.45) is 0 Å². The molecule has 8 heteroatoms. The fraction of sp³-hybridized carbons (Fsp3) is 0.167. The van der Waals surface area contributed by atoms with Crippen LogP contribution in [0.25, 0.3) is 11.3 Å². The molecule has 0 radical (unpaired) electrons. The van der Waals surface area contributed by atoms with Crippen molar-refractivity contribution in [1.29, 1.82) is 0 Å². The van der Waals surface area contributed by atoms with Crippen LogP contribution in [0, 0.1) is 0 Å². The summed E-state index contributed by atoms with van der Waals surface area (Å²) in [6.07, 6.45) is 0.954. The van der Waals surface area contributed by atoms with Crippen molar-refractivity contribution in [3.8, 4) is 17.0 Å². The summed E-state index contributed by atoms with van der Waals surface area (Å²) in [7, 11) is 0. The zero-order valence-electron chi connectivity index (χ0n) is 17.5. The van der Waals surface area contributed by atoms with Gasteiger partial charge in [0.25, 0.3) is 11.5 Å². The van der Waals surface area contributed by atoms with Crippen LogP contribution in [0.1, 0.15) is 29.4 Å². The van der Waals surface area contributed by atoms with E-state index in [1.54, 1.807) is 0 Å². The Labute approximate surface area is 189 Å². The third kappa shape index (κ3) is 5.28. The smallest absolute Gasteiger partial charge is 0.277 e. The number of nitrogens with one attached hydrogen (secondary N) is 1. The lowest BCUT2D eigenvalue weighted by atomic mass is 10.2. The number of carbonyl (C=O) groups is 1. The molecule has 0 aliphatic heterocycles. The first-order chi connectivity index (χ1) is 15.6. The van der Waals surface area contributed by atoms with Crippen LogP contribution < -0.4 is 15.6 Å². The number of ether oxygens (including phenoxy) is 1. The van der Waals surface area contributed by atoms with E-state index in [1.165, 1.54) is 28.2 Å². The van der Waals surface area contributed by atoms with E-state index in [2.05, 4.69) is 22.3 Å². The number of carbonyl (C=O) groups excluding carboxylic acids is 1. The number of anilines is 1. The highest BCUT2D eigenvalue weighted by atomic mass is 32.1. The van der Waals surface area contributed by atoms with Gasteiger partial charge in [-0.25, -0.2) is 9.67 Å². The molecular formula is C24H22N4O3S. The van der Waals surface area contributed by atoms with E-state index < -0.39 is 5.91 Å². The molecule has 1 amide bonds. The fourth-order valence-corrected chi connectivity index (χ4v) is 3.72. The van der Waals surface area contributed by atoms with Crippen LogP contribution in [-0.2, 0) is 6.54 Å². The number of hydrogen-bond donors (Lipinski definition) is 1. The molecule has 0 fully saturated rings. The number of thiazole rings is 1. The van der Waals surface area contributed by atoms with Gasteiger partial charge in [-0.15, -0.1) is 11.3 Å². The second kappa shape index (κ2) is 10.0. The second-order valence-corrected chi connectivity index (χ2v) is 7.92. The molecule has 7 nitrogen and oxygen atoms in total. The summed E-state index contributed by atoms with van der Waals surface area (Å²) in [5, 5.41) is 9.32. The molecule has 0 atom stereocenters. The molecular weight excluding hydrogens is 424 g/mol. The van der Waals surface area contributed by atoms with Gasteiger partial charge >= 0.3 is 0 Å². The first kappa shape index (κ1) is 21.5. The Morgan fingerprint density at radius 2 is 1.84 bits per heavy atom. The molecule has 0 aliphatic carbocycles. The minimum Gasteiger partial charge on any atom is -0.494 e. The quantitative estimate of drug-likeness (QED) is 0.432. The van der Waals surface area contributed by atoms with Gasteiger partial charge in [0, 0.05) is 17.0 Å². The minimum absolute atomic E-state index is 0.148. The molecule has 1 N–H and O–H groups in total. The summed E-state index contributed by atoms with van der Waals surface area (Å²) in [4.78, 5) is 29.3. The van der Waals surface area contributed by atoms with Crippen LogP contribution >= 0.6 is 11.3 Å². The lowest BCUT2D eigenvalue weighted by Crippen LogP contribution is -2.26. The van der Waals surface area contributed by atoms with Crippen LogP contribution in [0.15, 0.2) is 76.9 Å². The van der Waals surface area contributed by atoms with Crippen molar-refractivity contribution in [2.45, 2.75) is 19.9 Å². The Balaban J connectivity index is 1.45. The highest BCUT2D eigenvalue weighted by Gasteiger charge is 2.13. The van der Waals surface area contributed by atoms with Crippen LogP contribution in [0.2, 0.25) is 0 Å². The summed E-state index contributed by atoms with van der Waals surface area (Å²) in [6.45, 7) is 3.03. The molecule has 4 aromatic rings. The summed E-state index contributed by atoms with van der Waals surface area (Å²) < 4.78 is 6.88.